The van der Waals surface area contributed by atoms with E-state index in [-0.39, 0.29) is 5.91 Å². The zero-order valence-corrected chi connectivity index (χ0v) is 13.5. The lowest BCUT2D eigenvalue weighted by Crippen LogP contribution is -2.49. The van der Waals surface area contributed by atoms with Crippen molar-refractivity contribution in [3.63, 3.8) is 0 Å². The zero-order chi connectivity index (χ0) is 16.2. The monoisotopic (exact) mass is 332 g/mol. The standard InChI is InChI=1S/C16H17ClN4O2/c1-23-13-3-5-15(19-11-13)20-6-8-21(9-7-20)16(22)14-4-2-12(17)10-18-14/h2-5,10-11H,6-9H2,1H3. The highest BCUT2D eigenvalue weighted by molar-refractivity contribution is 6.30. The SMILES string of the molecule is COc1ccc(N2CCN(C(=O)c3ccc(Cl)cn3)CC2)nc1. The van der Waals surface area contributed by atoms with Crippen molar-refractivity contribution in [3.8, 4) is 5.75 Å². The van der Waals surface area contributed by atoms with Gasteiger partial charge < -0.3 is 14.5 Å². The summed E-state index contributed by atoms with van der Waals surface area (Å²) in [7, 11) is 1.62. The molecule has 2 aromatic rings. The van der Waals surface area contributed by atoms with E-state index in [9.17, 15) is 4.79 Å². The Morgan fingerprint density at radius 2 is 1.87 bits per heavy atom. The maximum atomic E-state index is 12.4. The Hall–Kier alpha value is -2.34. The van der Waals surface area contributed by atoms with E-state index in [1.807, 2.05) is 12.1 Å². The third-order valence-corrected chi connectivity index (χ3v) is 4.02. The van der Waals surface area contributed by atoms with Crippen LogP contribution in [0.4, 0.5) is 5.82 Å². The van der Waals surface area contributed by atoms with E-state index in [0.29, 0.717) is 23.8 Å². The lowest BCUT2D eigenvalue weighted by Gasteiger charge is -2.35. The summed E-state index contributed by atoms with van der Waals surface area (Å²) in [5.41, 5.74) is 0.422. The Labute approximate surface area is 139 Å². The number of aromatic nitrogens is 2. The first kappa shape index (κ1) is 15.6. The van der Waals surface area contributed by atoms with E-state index in [0.717, 1.165) is 24.7 Å². The molecule has 2 aromatic heterocycles. The highest BCUT2D eigenvalue weighted by Gasteiger charge is 2.23. The number of pyridine rings is 2. The first-order valence-electron chi connectivity index (χ1n) is 7.33. The van der Waals surface area contributed by atoms with Gasteiger partial charge in [-0.3, -0.25) is 4.79 Å². The van der Waals surface area contributed by atoms with E-state index in [4.69, 9.17) is 16.3 Å². The molecule has 23 heavy (non-hydrogen) atoms. The van der Waals surface area contributed by atoms with Crippen molar-refractivity contribution in [2.24, 2.45) is 0 Å². The summed E-state index contributed by atoms with van der Waals surface area (Å²) in [6, 6.07) is 7.15. The van der Waals surface area contributed by atoms with Crippen molar-refractivity contribution in [1.29, 1.82) is 0 Å². The maximum Gasteiger partial charge on any atom is 0.272 e. The van der Waals surface area contributed by atoms with Gasteiger partial charge in [0, 0.05) is 32.4 Å². The lowest BCUT2D eigenvalue weighted by atomic mass is 10.2. The highest BCUT2D eigenvalue weighted by atomic mass is 35.5. The fourth-order valence-electron chi connectivity index (χ4n) is 2.48. The van der Waals surface area contributed by atoms with Gasteiger partial charge in [-0.2, -0.15) is 0 Å². The van der Waals surface area contributed by atoms with Crippen LogP contribution in [0.1, 0.15) is 10.5 Å². The molecule has 1 aliphatic rings. The summed E-state index contributed by atoms with van der Waals surface area (Å²) in [4.78, 5) is 24.8. The highest BCUT2D eigenvalue weighted by Crippen LogP contribution is 2.18. The normalized spacial score (nSPS) is 14.7. The second kappa shape index (κ2) is 6.83. The Balaban J connectivity index is 1.61. The molecule has 0 radical (unpaired) electrons. The number of ether oxygens (including phenoxy) is 1. The molecule has 0 N–H and O–H groups in total. The number of hydrogen-bond donors (Lipinski definition) is 0. The number of anilines is 1. The average molecular weight is 333 g/mol. The number of amides is 1. The number of piperazine rings is 1. The number of methoxy groups -OCH3 is 1. The molecule has 1 amide bonds. The topological polar surface area (TPSA) is 58.6 Å². The van der Waals surface area contributed by atoms with Crippen molar-refractivity contribution in [1.82, 2.24) is 14.9 Å². The van der Waals surface area contributed by atoms with Crippen LogP contribution in [0.15, 0.2) is 36.7 Å². The molecule has 0 bridgehead atoms. The minimum Gasteiger partial charge on any atom is -0.495 e. The van der Waals surface area contributed by atoms with Gasteiger partial charge in [0.25, 0.3) is 5.91 Å². The first-order valence-corrected chi connectivity index (χ1v) is 7.71. The molecular weight excluding hydrogens is 316 g/mol. The van der Waals surface area contributed by atoms with Crippen LogP contribution in [-0.4, -0.2) is 54.1 Å². The predicted molar refractivity (Wildman–Crippen MR) is 88.2 cm³/mol. The van der Waals surface area contributed by atoms with Gasteiger partial charge in [0.1, 0.15) is 17.3 Å². The molecule has 1 saturated heterocycles. The number of carbonyl (C=O) groups excluding carboxylic acids is 1. The predicted octanol–water partition coefficient (Wildman–Crippen LogP) is 2.10. The quantitative estimate of drug-likeness (QED) is 0.861. The largest absolute Gasteiger partial charge is 0.495 e. The summed E-state index contributed by atoms with van der Waals surface area (Å²) >= 11 is 5.80. The molecule has 0 aromatic carbocycles. The van der Waals surface area contributed by atoms with Gasteiger partial charge in [-0.05, 0) is 24.3 Å². The van der Waals surface area contributed by atoms with Crippen molar-refractivity contribution in [3.05, 3.63) is 47.4 Å². The summed E-state index contributed by atoms with van der Waals surface area (Å²) in [5, 5.41) is 0.525. The van der Waals surface area contributed by atoms with Crippen LogP contribution in [0.5, 0.6) is 5.75 Å². The van der Waals surface area contributed by atoms with Crippen LogP contribution < -0.4 is 9.64 Å². The smallest absolute Gasteiger partial charge is 0.272 e. The minimum atomic E-state index is -0.0657. The van der Waals surface area contributed by atoms with Crippen molar-refractivity contribution >= 4 is 23.3 Å². The van der Waals surface area contributed by atoms with E-state index in [1.54, 1.807) is 30.3 Å². The van der Waals surface area contributed by atoms with Crippen LogP contribution in [0.3, 0.4) is 0 Å². The van der Waals surface area contributed by atoms with Crippen LogP contribution in [0, 0.1) is 0 Å². The van der Waals surface area contributed by atoms with Crippen LogP contribution >= 0.6 is 11.6 Å². The number of hydrogen-bond acceptors (Lipinski definition) is 5. The first-order chi connectivity index (χ1) is 11.2. The minimum absolute atomic E-state index is 0.0657. The number of halogens is 1. The van der Waals surface area contributed by atoms with Gasteiger partial charge in [0.2, 0.25) is 0 Å². The second-order valence-electron chi connectivity index (χ2n) is 5.20. The van der Waals surface area contributed by atoms with Gasteiger partial charge in [-0.25, -0.2) is 9.97 Å². The van der Waals surface area contributed by atoms with Crippen molar-refractivity contribution in [2.75, 3.05) is 38.2 Å². The van der Waals surface area contributed by atoms with Crippen molar-refractivity contribution < 1.29 is 9.53 Å². The molecule has 0 aliphatic carbocycles. The van der Waals surface area contributed by atoms with Crippen LogP contribution in [0.2, 0.25) is 5.02 Å². The van der Waals surface area contributed by atoms with E-state index in [2.05, 4.69) is 14.9 Å². The maximum absolute atomic E-state index is 12.4. The molecular formula is C16H17ClN4O2. The van der Waals surface area contributed by atoms with E-state index in [1.165, 1.54) is 6.20 Å². The molecule has 0 spiro atoms. The fraction of sp³-hybridized carbons (Fsp3) is 0.312. The third kappa shape index (κ3) is 3.53. The van der Waals surface area contributed by atoms with Gasteiger partial charge in [0.05, 0.1) is 18.3 Å². The van der Waals surface area contributed by atoms with E-state index >= 15 is 0 Å². The third-order valence-electron chi connectivity index (χ3n) is 3.79. The molecule has 0 saturated carbocycles. The molecule has 3 rings (SSSR count). The summed E-state index contributed by atoms with van der Waals surface area (Å²) < 4.78 is 5.11. The summed E-state index contributed by atoms with van der Waals surface area (Å²) in [6.45, 7) is 2.74. The lowest BCUT2D eigenvalue weighted by molar-refractivity contribution is 0.0740. The molecule has 0 unspecified atom stereocenters. The van der Waals surface area contributed by atoms with Gasteiger partial charge >= 0.3 is 0 Å². The molecule has 1 aliphatic heterocycles. The molecule has 120 valence electrons. The number of rotatable bonds is 3. The number of carbonyl (C=O) groups is 1. The molecule has 6 nitrogen and oxygen atoms in total. The van der Waals surface area contributed by atoms with Gasteiger partial charge in [0.15, 0.2) is 0 Å². The van der Waals surface area contributed by atoms with Crippen LogP contribution in [0.25, 0.3) is 0 Å². The molecule has 7 heteroatoms. The summed E-state index contributed by atoms with van der Waals surface area (Å²) in [5.74, 6) is 1.56. The Morgan fingerprint density at radius 1 is 1.09 bits per heavy atom. The second-order valence-corrected chi connectivity index (χ2v) is 5.63. The van der Waals surface area contributed by atoms with Gasteiger partial charge in [-0.1, -0.05) is 11.6 Å². The fourth-order valence-corrected chi connectivity index (χ4v) is 2.60. The van der Waals surface area contributed by atoms with Crippen molar-refractivity contribution in [2.45, 2.75) is 0 Å². The molecule has 0 atom stereocenters. The van der Waals surface area contributed by atoms with Gasteiger partial charge in [-0.15, -0.1) is 0 Å². The summed E-state index contributed by atoms with van der Waals surface area (Å²) in [6.07, 6.45) is 3.19. The van der Waals surface area contributed by atoms with E-state index < -0.39 is 0 Å². The Kier molecular flexibility index (Phi) is 4.62. The Morgan fingerprint density at radius 3 is 2.43 bits per heavy atom. The zero-order valence-electron chi connectivity index (χ0n) is 12.8. The molecule has 3 heterocycles. The number of nitrogens with zero attached hydrogens (tertiary/aromatic N) is 4. The Bertz CT molecular complexity index is 667. The van der Waals surface area contributed by atoms with Crippen LogP contribution in [-0.2, 0) is 0 Å². The molecule has 1 fully saturated rings. The average Bonchev–Trinajstić information content (AvgIpc) is 2.62.